The van der Waals surface area contributed by atoms with Gasteiger partial charge in [0.15, 0.2) is 0 Å². The number of ether oxygens (including phenoxy) is 1. The van der Waals surface area contributed by atoms with E-state index in [1.807, 2.05) is 12.3 Å². The average Bonchev–Trinajstić information content (AvgIpc) is 2.74. The lowest BCUT2D eigenvalue weighted by Crippen LogP contribution is -2.15. The highest BCUT2D eigenvalue weighted by molar-refractivity contribution is 7.98. The molecule has 0 radical (unpaired) electrons. The van der Waals surface area contributed by atoms with Gasteiger partial charge < -0.3 is 10.1 Å². The van der Waals surface area contributed by atoms with Crippen molar-refractivity contribution in [2.24, 2.45) is 0 Å². The van der Waals surface area contributed by atoms with Gasteiger partial charge in [-0.25, -0.2) is 23.1 Å². The molecular formula is C19H18N4O4S2. The van der Waals surface area contributed by atoms with E-state index in [-0.39, 0.29) is 16.8 Å². The molecule has 0 aliphatic rings. The third kappa shape index (κ3) is 5.04. The van der Waals surface area contributed by atoms with E-state index in [1.54, 1.807) is 30.0 Å². The minimum Gasteiger partial charge on any atom is -0.496 e. The number of nitrogens with zero attached hydrogens (tertiary/aromatic N) is 2. The molecule has 150 valence electrons. The van der Waals surface area contributed by atoms with Crippen LogP contribution in [0.3, 0.4) is 0 Å². The lowest BCUT2D eigenvalue weighted by Gasteiger charge is -2.11. The quantitative estimate of drug-likeness (QED) is 0.554. The molecule has 3 aromatic rings. The summed E-state index contributed by atoms with van der Waals surface area (Å²) in [5, 5.41) is 2.73. The molecule has 10 heteroatoms. The number of methoxy groups -OCH3 is 1. The van der Waals surface area contributed by atoms with Gasteiger partial charge in [0.25, 0.3) is 15.9 Å². The number of hydrogen-bond donors (Lipinski definition) is 2. The zero-order chi connectivity index (χ0) is 20.9. The fraction of sp³-hybridized carbons (Fsp3) is 0.105. The predicted octanol–water partition coefficient (Wildman–Crippen LogP) is 3.26. The summed E-state index contributed by atoms with van der Waals surface area (Å²) in [6.45, 7) is 0. The molecule has 0 bridgehead atoms. The number of aromatic nitrogens is 2. The van der Waals surface area contributed by atoms with Crippen LogP contribution in [0.15, 0.2) is 70.7 Å². The van der Waals surface area contributed by atoms with Gasteiger partial charge in [0.1, 0.15) is 5.75 Å². The van der Waals surface area contributed by atoms with Crippen molar-refractivity contribution in [1.82, 2.24) is 9.97 Å². The topological polar surface area (TPSA) is 110 Å². The van der Waals surface area contributed by atoms with Gasteiger partial charge in [0.05, 0.1) is 17.6 Å². The highest BCUT2D eigenvalue weighted by atomic mass is 32.2. The Morgan fingerprint density at radius 1 is 1.07 bits per heavy atom. The first-order chi connectivity index (χ1) is 13.9. The number of nitrogens with one attached hydrogen (secondary N) is 2. The Bertz CT molecular complexity index is 1100. The number of rotatable bonds is 7. The number of benzene rings is 2. The Balaban J connectivity index is 1.74. The van der Waals surface area contributed by atoms with Gasteiger partial charge in [0.2, 0.25) is 5.95 Å². The van der Waals surface area contributed by atoms with E-state index >= 15 is 0 Å². The molecule has 0 aliphatic carbocycles. The molecule has 1 amide bonds. The number of hydrogen-bond acceptors (Lipinski definition) is 7. The van der Waals surface area contributed by atoms with Crippen molar-refractivity contribution in [3.05, 3.63) is 66.5 Å². The molecule has 0 spiro atoms. The number of thioether (sulfide) groups is 1. The van der Waals surface area contributed by atoms with Crippen LogP contribution in [0.5, 0.6) is 5.75 Å². The summed E-state index contributed by atoms with van der Waals surface area (Å²) in [6, 6.07) is 12.6. The molecular weight excluding hydrogens is 412 g/mol. The van der Waals surface area contributed by atoms with E-state index in [0.29, 0.717) is 17.0 Å². The Morgan fingerprint density at radius 3 is 2.38 bits per heavy atom. The molecule has 0 fully saturated rings. The molecule has 8 nitrogen and oxygen atoms in total. The Morgan fingerprint density at radius 2 is 1.76 bits per heavy atom. The normalized spacial score (nSPS) is 11.0. The van der Waals surface area contributed by atoms with E-state index in [9.17, 15) is 13.2 Å². The van der Waals surface area contributed by atoms with Gasteiger partial charge in [-0.05, 0) is 54.8 Å². The minimum atomic E-state index is -3.84. The number of sulfonamides is 1. The van der Waals surface area contributed by atoms with Gasteiger partial charge in [0, 0.05) is 23.0 Å². The zero-order valence-electron chi connectivity index (χ0n) is 15.6. The first-order valence-electron chi connectivity index (χ1n) is 8.36. The molecule has 2 N–H and O–H groups in total. The number of amides is 1. The van der Waals surface area contributed by atoms with Gasteiger partial charge in [-0.3, -0.25) is 4.79 Å². The van der Waals surface area contributed by atoms with Crippen LogP contribution >= 0.6 is 11.8 Å². The van der Waals surface area contributed by atoms with Crippen LogP contribution in [-0.4, -0.2) is 37.7 Å². The highest BCUT2D eigenvalue weighted by Crippen LogP contribution is 2.26. The van der Waals surface area contributed by atoms with Crippen LogP contribution in [0.1, 0.15) is 10.4 Å². The lowest BCUT2D eigenvalue weighted by molar-refractivity contribution is 0.102. The fourth-order valence-corrected chi connectivity index (χ4v) is 3.82. The van der Waals surface area contributed by atoms with E-state index in [2.05, 4.69) is 20.0 Å². The summed E-state index contributed by atoms with van der Waals surface area (Å²) in [5.41, 5.74) is 0.825. The summed E-state index contributed by atoms with van der Waals surface area (Å²) in [7, 11) is -2.34. The van der Waals surface area contributed by atoms with Crippen LogP contribution in [0, 0.1) is 0 Å². The van der Waals surface area contributed by atoms with E-state index in [0.717, 1.165) is 4.90 Å². The smallest absolute Gasteiger partial charge is 0.264 e. The second-order valence-corrected chi connectivity index (χ2v) is 8.28. The summed E-state index contributed by atoms with van der Waals surface area (Å²) < 4.78 is 32.4. The van der Waals surface area contributed by atoms with Crippen molar-refractivity contribution in [2.75, 3.05) is 23.4 Å². The van der Waals surface area contributed by atoms with E-state index in [1.165, 1.54) is 43.8 Å². The fourth-order valence-electron chi connectivity index (χ4n) is 2.43. The maximum atomic E-state index is 12.6. The van der Waals surface area contributed by atoms with E-state index < -0.39 is 10.0 Å². The van der Waals surface area contributed by atoms with Crippen molar-refractivity contribution in [1.29, 1.82) is 0 Å². The molecule has 0 unspecified atom stereocenters. The summed E-state index contributed by atoms with van der Waals surface area (Å²) in [4.78, 5) is 21.2. The first-order valence-corrected chi connectivity index (χ1v) is 11.1. The van der Waals surface area contributed by atoms with Crippen molar-refractivity contribution >= 4 is 39.3 Å². The van der Waals surface area contributed by atoms with Gasteiger partial charge in [-0.2, -0.15) is 0 Å². The Kier molecular flexibility index (Phi) is 6.35. The maximum absolute atomic E-state index is 12.6. The molecule has 0 aliphatic heterocycles. The summed E-state index contributed by atoms with van der Waals surface area (Å²) in [5.74, 6) is 0.0761. The standard InChI is InChI=1S/C19H18N4O4S2/c1-27-17-12-14(28-2)6-9-16(17)18(24)22-13-4-7-15(8-5-13)29(25,26)23-19-20-10-3-11-21-19/h3-12H,1-2H3,(H,22,24)(H,20,21,23). The monoisotopic (exact) mass is 430 g/mol. The predicted molar refractivity (Wildman–Crippen MR) is 112 cm³/mol. The SMILES string of the molecule is COc1cc(SC)ccc1C(=O)Nc1ccc(S(=O)(=O)Nc2ncccn2)cc1. The molecule has 3 rings (SSSR count). The summed E-state index contributed by atoms with van der Waals surface area (Å²) >= 11 is 1.54. The van der Waals surface area contributed by atoms with Crippen molar-refractivity contribution in [2.45, 2.75) is 9.79 Å². The third-order valence-corrected chi connectivity index (χ3v) is 5.94. The maximum Gasteiger partial charge on any atom is 0.264 e. The van der Waals surface area contributed by atoms with Gasteiger partial charge in [-0.15, -0.1) is 11.8 Å². The lowest BCUT2D eigenvalue weighted by atomic mass is 10.2. The van der Waals surface area contributed by atoms with Crippen molar-refractivity contribution in [3.63, 3.8) is 0 Å². The van der Waals surface area contributed by atoms with Crippen LogP contribution < -0.4 is 14.8 Å². The second kappa shape index (κ2) is 8.93. The number of carbonyl (C=O) groups is 1. The molecule has 1 aromatic heterocycles. The number of anilines is 2. The van der Waals surface area contributed by atoms with E-state index in [4.69, 9.17) is 4.74 Å². The minimum absolute atomic E-state index is 0.0184. The molecule has 2 aromatic carbocycles. The zero-order valence-corrected chi connectivity index (χ0v) is 17.3. The highest BCUT2D eigenvalue weighted by Gasteiger charge is 2.17. The van der Waals surface area contributed by atoms with Crippen molar-refractivity contribution in [3.8, 4) is 5.75 Å². The van der Waals surface area contributed by atoms with Crippen LogP contribution in [-0.2, 0) is 10.0 Å². The molecule has 0 saturated carbocycles. The Hall–Kier alpha value is -3.11. The average molecular weight is 431 g/mol. The number of carbonyl (C=O) groups excluding carboxylic acids is 1. The third-order valence-electron chi connectivity index (χ3n) is 3.87. The van der Waals surface area contributed by atoms with Crippen LogP contribution in [0.4, 0.5) is 11.6 Å². The Labute approximate surface area is 172 Å². The molecule has 0 atom stereocenters. The van der Waals surface area contributed by atoms with Gasteiger partial charge in [-0.1, -0.05) is 0 Å². The van der Waals surface area contributed by atoms with Crippen LogP contribution in [0.25, 0.3) is 0 Å². The summed E-state index contributed by atoms with van der Waals surface area (Å²) in [6.07, 6.45) is 4.80. The molecule has 1 heterocycles. The molecule has 0 saturated heterocycles. The second-order valence-electron chi connectivity index (χ2n) is 5.72. The first kappa shape index (κ1) is 20.6. The van der Waals surface area contributed by atoms with Crippen LogP contribution in [0.2, 0.25) is 0 Å². The largest absolute Gasteiger partial charge is 0.496 e. The van der Waals surface area contributed by atoms with Crippen molar-refractivity contribution < 1.29 is 17.9 Å². The van der Waals surface area contributed by atoms with Gasteiger partial charge >= 0.3 is 0 Å². The molecule has 29 heavy (non-hydrogen) atoms.